The molecule has 0 radical (unpaired) electrons. The zero-order valence-corrected chi connectivity index (χ0v) is 8.52. The molecule has 0 aromatic carbocycles. The maximum Gasteiger partial charge on any atom is 0.0438 e. The van der Waals surface area contributed by atoms with Gasteiger partial charge in [0.1, 0.15) is 0 Å². The summed E-state index contributed by atoms with van der Waals surface area (Å²) >= 11 is 0. The third kappa shape index (κ3) is 3.54. The molecule has 0 amide bonds. The van der Waals surface area contributed by atoms with Gasteiger partial charge in [-0.2, -0.15) is 0 Å². The lowest BCUT2D eigenvalue weighted by atomic mass is 9.79. The normalized spacial score (nSPS) is 15.7. The van der Waals surface area contributed by atoms with Crippen LogP contribution in [0, 0.1) is 11.3 Å². The number of aliphatic imine (C=N–C) groups is 1. The number of hydrogen-bond donors (Lipinski definition) is 0. The Kier molecular flexibility index (Phi) is 4.39. The molecule has 1 unspecified atom stereocenters. The van der Waals surface area contributed by atoms with Crippen LogP contribution in [-0.2, 0) is 0 Å². The van der Waals surface area contributed by atoms with Gasteiger partial charge in [-0.1, -0.05) is 34.1 Å². The van der Waals surface area contributed by atoms with E-state index in [2.05, 4.69) is 32.7 Å². The summed E-state index contributed by atoms with van der Waals surface area (Å²) in [4.78, 5) is 4.29. The highest BCUT2D eigenvalue weighted by molar-refractivity contribution is 5.53. The van der Waals surface area contributed by atoms with Crippen molar-refractivity contribution in [3.8, 4) is 0 Å². The summed E-state index contributed by atoms with van der Waals surface area (Å²) in [5, 5.41) is 0. The second-order valence-corrected chi connectivity index (χ2v) is 3.90. The molecule has 0 saturated heterocycles. The molecular weight excluding hydrogens is 134 g/mol. The summed E-state index contributed by atoms with van der Waals surface area (Å²) in [6.07, 6.45) is 3.14. The Hall–Kier alpha value is -0.330. The first kappa shape index (κ1) is 10.7. The maximum atomic E-state index is 4.29. The highest BCUT2D eigenvalue weighted by atomic mass is 14.7. The van der Waals surface area contributed by atoms with E-state index in [1.807, 2.05) is 13.1 Å². The zero-order chi connectivity index (χ0) is 8.91. The zero-order valence-electron chi connectivity index (χ0n) is 8.52. The van der Waals surface area contributed by atoms with Gasteiger partial charge in [-0.25, -0.2) is 0 Å². The van der Waals surface area contributed by atoms with Gasteiger partial charge in [0.2, 0.25) is 0 Å². The summed E-state index contributed by atoms with van der Waals surface area (Å²) < 4.78 is 0. The predicted molar refractivity (Wildman–Crippen MR) is 52.3 cm³/mol. The Labute approximate surface area is 70.9 Å². The van der Waals surface area contributed by atoms with Crippen LogP contribution in [0.25, 0.3) is 0 Å². The SMILES string of the molecule is CC=NCC(C)(C)C(C)CC. The minimum Gasteiger partial charge on any atom is -0.297 e. The Balaban J connectivity index is 3.97. The molecule has 0 rings (SSSR count). The second kappa shape index (κ2) is 4.53. The summed E-state index contributed by atoms with van der Waals surface area (Å²) in [6, 6.07) is 0. The standard InChI is InChI=1S/C10H21N/c1-6-9(3)10(4,5)8-11-7-2/h7,9H,6,8H2,1-5H3. The summed E-state index contributed by atoms with van der Waals surface area (Å²) in [6.45, 7) is 12.0. The Morgan fingerprint density at radius 1 is 1.45 bits per heavy atom. The summed E-state index contributed by atoms with van der Waals surface area (Å²) in [5.74, 6) is 0.756. The smallest absolute Gasteiger partial charge is 0.0438 e. The number of rotatable bonds is 4. The van der Waals surface area contributed by atoms with Crippen LogP contribution in [0.5, 0.6) is 0 Å². The molecule has 0 aromatic rings. The first-order valence-electron chi connectivity index (χ1n) is 4.49. The molecule has 0 aliphatic rings. The molecule has 0 aromatic heterocycles. The Bertz CT molecular complexity index is 125. The molecule has 1 atom stereocenters. The van der Waals surface area contributed by atoms with Gasteiger partial charge in [0.05, 0.1) is 0 Å². The van der Waals surface area contributed by atoms with Crippen LogP contribution < -0.4 is 0 Å². The molecule has 11 heavy (non-hydrogen) atoms. The Morgan fingerprint density at radius 2 is 2.00 bits per heavy atom. The molecule has 1 nitrogen and oxygen atoms in total. The minimum atomic E-state index is 0.362. The molecule has 0 bridgehead atoms. The lowest BCUT2D eigenvalue weighted by Crippen LogP contribution is -2.24. The lowest BCUT2D eigenvalue weighted by molar-refractivity contribution is 0.236. The van der Waals surface area contributed by atoms with Crippen LogP contribution in [0.1, 0.15) is 41.0 Å². The monoisotopic (exact) mass is 155 g/mol. The van der Waals surface area contributed by atoms with Crippen molar-refractivity contribution < 1.29 is 0 Å². The van der Waals surface area contributed by atoms with E-state index in [4.69, 9.17) is 0 Å². The predicted octanol–water partition coefficient (Wildman–Crippen LogP) is 3.15. The maximum absolute atomic E-state index is 4.29. The van der Waals surface area contributed by atoms with Crippen molar-refractivity contribution in [2.75, 3.05) is 6.54 Å². The lowest BCUT2D eigenvalue weighted by Gasteiger charge is -2.29. The van der Waals surface area contributed by atoms with Crippen molar-refractivity contribution in [1.82, 2.24) is 0 Å². The largest absolute Gasteiger partial charge is 0.297 e. The summed E-state index contributed by atoms with van der Waals surface area (Å²) in [7, 11) is 0. The highest BCUT2D eigenvalue weighted by Gasteiger charge is 2.23. The van der Waals surface area contributed by atoms with E-state index in [1.54, 1.807) is 0 Å². The van der Waals surface area contributed by atoms with E-state index in [0.29, 0.717) is 5.41 Å². The van der Waals surface area contributed by atoms with E-state index in [0.717, 1.165) is 12.5 Å². The molecule has 1 heteroatoms. The average molecular weight is 155 g/mol. The first-order chi connectivity index (χ1) is 5.04. The first-order valence-corrected chi connectivity index (χ1v) is 4.49. The van der Waals surface area contributed by atoms with Crippen LogP contribution in [0.15, 0.2) is 4.99 Å². The fourth-order valence-electron chi connectivity index (χ4n) is 1.03. The van der Waals surface area contributed by atoms with Crippen LogP contribution in [-0.4, -0.2) is 12.8 Å². The second-order valence-electron chi connectivity index (χ2n) is 3.90. The summed E-state index contributed by atoms with van der Waals surface area (Å²) in [5.41, 5.74) is 0.362. The Morgan fingerprint density at radius 3 is 2.36 bits per heavy atom. The van der Waals surface area contributed by atoms with Crippen molar-refractivity contribution in [1.29, 1.82) is 0 Å². The molecule has 0 aliphatic heterocycles. The molecule has 0 aliphatic carbocycles. The van der Waals surface area contributed by atoms with Crippen LogP contribution in [0.2, 0.25) is 0 Å². The van der Waals surface area contributed by atoms with Crippen LogP contribution >= 0.6 is 0 Å². The fourth-order valence-corrected chi connectivity index (χ4v) is 1.03. The van der Waals surface area contributed by atoms with E-state index >= 15 is 0 Å². The van der Waals surface area contributed by atoms with Gasteiger partial charge in [0.15, 0.2) is 0 Å². The average Bonchev–Trinajstić information content (AvgIpc) is 1.99. The number of nitrogens with zero attached hydrogens (tertiary/aromatic N) is 1. The van der Waals surface area contributed by atoms with Crippen LogP contribution in [0.3, 0.4) is 0 Å². The molecule has 0 heterocycles. The molecule has 0 spiro atoms. The highest BCUT2D eigenvalue weighted by Crippen LogP contribution is 2.28. The molecule has 66 valence electrons. The van der Waals surface area contributed by atoms with Gasteiger partial charge in [-0.05, 0) is 24.5 Å². The molecule has 0 fully saturated rings. The van der Waals surface area contributed by atoms with Gasteiger partial charge in [-0.15, -0.1) is 0 Å². The fraction of sp³-hybridized carbons (Fsp3) is 0.900. The van der Waals surface area contributed by atoms with Crippen molar-refractivity contribution in [2.45, 2.75) is 41.0 Å². The quantitative estimate of drug-likeness (QED) is 0.553. The van der Waals surface area contributed by atoms with E-state index in [1.165, 1.54) is 6.42 Å². The van der Waals surface area contributed by atoms with Crippen molar-refractivity contribution >= 4 is 6.21 Å². The van der Waals surface area contributed by atoms with E-state index in [-0.39, 0.29) is 0 Å². The van der Waals surface area contributed by atoms with Gasteiger partial charge in [0, 0.05) is 6.54 Å². The number of hydrogen-bond acceptors (Lipinski definition) is 1. The van der Waals surface area contributed by atoms with Crippen molar-refractivity contribution in [2.24, 2.45) is 16.3 Å². The van der Waals surface area contributed by atoms with Gasteiger partial charge >= 0.3 is 0 Å². The molecule has 0 saturated carbocycles. The van der Waals surface area contributed by atoms with E-state index < -0.39 is 0 Å². The van der Waals surface area contributed by atoms with Crippen molar-refractivity contribution in [3.63, 3.8) is 0 Å². The minimum absolute atomic E-state index is 0.362. The van der Waals surface area contributed by atoms with E-state index in [9.17, 15) is 0 Å². The molecule has 0 N–H and O–H groups in total. The third-order valence-corrected chi connectivity index (χ3v) is 2.63. The van der Waals surface area contributed by atoms with Crippen molar-refractivity contribution in [3.05, 3.63) is 0 Å². The van der Waals surface area contributed by atoms with Crippen LogP contribution in [0.4, 0.5) is 0 Å². The molecular formula is C10H21N. The third-order valence-electron chi connectivity index (χ3n) is 2.63. The van der Waals surface area contributed by atoms with Gasteiger partial charge in [-0.3, -0.25) is 4.99 Å². The topological polar surface area (TPSA) is 12.4 Å². The van der Waals surface area contributed by atoms with Gasteiger partial charge in [0.25, 0.3) is 0 Å². The van der Waals surface area contributed by atoms with Gasteiger partial charge < -0.3 is 0 Å².